The van der Waals surface area contributed by atoms with E-state index in [4.69, 9.17) is 10.5 Å². The lowest BCUT2D eigenvalue weighted by Gasteiger charge is -2.11. The maximum atomic E-state index is 5.79. The molecule has 106 valence electrons. The van der Waals surface area contributed by atoms with E-state index in [2.05, 4.69) is 15.3 Å². The number of hydrogen-bond acceptors (Lipinski definition) is 5. The molecule has 0 fully saturated rings. The van der Waals surface area contributed by atoms with Crippen LogP contribution in [0, 0.1) is 0 Å². The van der Waals surface area contributed by atoms with Crippen LogP contribution < -0.4 is 10.5 Å². The topological polar surface area (TPSA) is 78.8 Å². The second-order valence-corrected chi connectivity index (χ2v) is 4.41. The van der Waals surface area contributed by atoms with Crippen molar-refractivity contribution in [2.75, 3.05) is 7.11 Å². The first-order valence-electron chi connectivity index (χ1n) is 6.53. The van der Waals surface area contributed by atoms with Crippen molar-refractivity contribution in [3.8, 4) is 22.7 Å². The molecular weight excluding hydrogens is 266 g/mol. The Morgan fingerprint density at radius 1 is 1.14 bits per heavy atom. The van der Waals surface area contributed by atoms with Crippen molar-refractivity contribution in [2.24, 2.45) is 5.73 Å². The minimum absolute atomic E-state index is 0.312. The first-order chi connectivity index (χ1) is 10.3. The number of pyridine rings is 1. The molecule has 0 unspecified atom stereocenters. The second-order valence-electron chi connectivity index (χ2n) is 4.41. The van der Waals surface area contributed by atoms with Gasteiger partial charge in [-0.05, 0) is 24.3 Å². The Kier molecular flexibility index (Phi) is 3.61. The van der Waals surface area contributed by atoms with E-state index >= 15 is 0 Å². The zero-order valence-corrected chi connectivity index (χ0v) is 11.6. The van der Waals surface area contributed by atoms with E-state index in [1.54, 1.807) is 24.2 Å². The monoisotopic (exact) mass is 281 g/mol. The van der Waals surface area contributed by atoms with Crippen molar-refractivity contribution in [1.29, 1.82) is 0 Å². The molecule has 3 aromatic rings. The van der Waals surface area contributed by atoms with E-state index in [0.29, 0.717) is 6.54 Å². The molecule has 0 aliphatic heterocycles. The quantitative estimate of drug-likeness (QED) is 0.788. The van der Waals surface area contributed by atoms with Crippen molar-refractivity contribution in [1.82, 2.24) is 20.0 Å². The highest BCUT2D eigenvalue weighted by Gasteiger charge is 2.17. The number of methoxy groups -OCH3 is 1. The summed E-state index contributed by atoms with van der Waals surface area (Å²) < 4.78 is 7.15. The third-order valence-corrected chi connectivity index (χ3v) is 3.20. The molecule has 2 aromatic heterocycles. The predicted molar refractivity (Wildman–Crippen MR) is 79.0 cm³/mol. The van der Waals surface area contributed by atoms with E-state index in [1.807, 2.05) is 36.4 Å². The Morgan fingerprint density at radius 2 is 1.90 bits per heavy atom. The molecule has 0 aliphatic carbocycles. The molecule has 0 aliphatic rings. The molecule has 0 saturated heterocycles. The molecule has 0 amide bonds. The van der Waals surface area contributed by atoms with Gasteiger partial charge in [0.05, 0.1) is 12.8 Å². The summed E-state index contributed by atoms with van der Waals surface area (Å²) in [5.41, 5.74) is 9.15. The van der Waals surface area contributed by atoms with Crippen LogP contribution in [0.3, 0.4) is 0 Å². The molecule has 3 rings (SSSR count). The lowest BCUT2D eigenvalue weighted by atomic mass is 10.1. The van der Waals surface area contributed by atoms with Crippen molar-refractivity contribution < 1.29 is 4.74 Å². The summed E-state index contributed by atoms with van der Waals surface area (Å²) in [6.07, 6.45) is 3.46. The van der Waals surface area contributed by atoms with Crippen LogP contribution in [0.1, 0.15) is 5.69 Å². The van der Waals surface area contributed by atoms with Crippen LogP contribution in [0.25, 0.3) is 16.9 Å². The lowest BCUT2D eigenvalue weighted by Crippen LogP contribution is -2.04. The third kappa shape index (κ3) is 2.36. The van der Waals surface area contributed by atoms with Gasteiger partial charge in [0.2, 0.25) is 0 Å². The molecule has 0 radical (unpaired) electrons. The molecular formula is C15H15N5O. The zero-order chi connectivity index (χ0) is 14.7. The predicted octanol–water partition coefficient (Wildman–Crippen LogP) is 1.80. The number of aromatic nitrogens is 4. The van der Waals surface area contributed by atoms with Crippen molar-refractivity contribution in [3.05, 3.63) is 54.5 Å². The van der Waals surface area contributed by atoms with Gasteiger partial charge in [-0.1, -0.05) is 17.3 Å². The van der Waals surface area contributed by atoms with E-state index in [9.17, 15) is 0 Å². The van der Waals surface area contributed by atoms with Crippen LogP contribution in [0.4, 0.5) is 0 Å². The first-order valence-corrected chi connectivity index (χ1v) is 6.53. The molecule has 1 aromatic carbocycles. The van der Waals surface area contributed by atoms with Crippen molar-refractivity contribution >= 4 is 0 Å². The van der Waals surface area contributed by atoms with Crippen LogP contribution in [0.5, 0.6) is 5.75 Å². The van der Waals surface area contributed by atoms with Gasteiger partial charge in [-0.25, -0.2) is 4.68 Å². The van der Waals surface area contributed by atoms with Gasteiger partial charge < -0.3 is 10.5 Å². The van der Waals surface area contributed by atoms with Crippen molar-refractivity contribution in [3.63, 3.8) is 0 Å². The minimum Gasteiger partial charge on any atom is -0.494 e. The molecule has 0 spiro atoms. The summed E-state index contributed by atoms with van der Waals surface area (Å²) in [7, 11) is 1.63. The summed E-state index contributed by atoms with van der Waals surface area (Å²) in [6.45, 7) is 0.312. The Labute approximate surface area is 122 Å². The van der Waals surface area contributed by atoms with Gasteiger partial charge in [0.15, 0.2) is 0 Å². The van der Waals surface area contributed by atoms with Crippen LogP contribution in [0.15, 0.2) is 48.8 Å². The number of nitrogens with two attached hydrogens (primary N) is 1. The van der Waals surface area contributed by atoms with Gasteiger partial charge in [-0.15, -0.1) is 5.10 Å². The summed E-state index contributed by atoms with van der Waals surface area (Å²) in [5.74, 6) is 0.723. The van der Waals surface area contributed by atoms with Gasteiger partial charge in [0.25, 0.3) is 0 Å². The molecule has 0 bridgehead atoms. The highest BCUT2D eigenvalue weighted by Crippen LogP contribution is 2.29. The lowest BCUT2D eigenvalue weighted by molar-refractivity contribution is 0.411. The van der Waals surface area contributed by atoms with E-state index in [0.717, 1.165) is 28.4 Å². The number of hydrogen-bond donors (Lipinski definition) is 1. The van der Waals surface area contributed by atoms with Gasteiger partial charge in [-0.2, -0.15) is 0 Å². The Bertz CT molecular complexity index is 739. The average Bonchev–Trinajstić information content (AvgIpc) is 2.99. The largest absolute Gasteiger partial charge is 0.494 e. The van der Waals surface area contributed by atoms with Gasteiger partial charge in [0.1, 0.15) is 17.1 Å². The molecule has 6 nitrogen and oxygen atoms in total. The van der Waals surface area contributed by atoms with Crippen LogP contribution in [0.2, 0.25) is 0 Å². The normalized spacial score (nSPS) is 10.6. The number of ether oxygens (including phenoxy) is 1. The van der Waals surface area contributed by atoms with Gasteiger partial charge in [-0.3, -0.25) is 4.98 Å². The summed E-state index contributed by atoms with van der Waals surface area (Å²) in [6, 6.07) is 11.5. The highest BCUT2D eigenvalue weighted by molar-refractivity contribution is 5.65. The maximum Gasteiger partial charge on any atom is 0.144 e. The highest BCUT2D eigenvalue weighted by atomic mass is 16.5. The fourth-order valence-electron chi connectivity index (χ4n) is 2.22. The van der Waals surface area contributed by atoms with Crippen LogP contribution in [-0.4, -0.2) is 27.1 Å². The van der Waals surface area contributed by atoms with Crippen LogP contribution in [-0.2, 0) is 6.54 Å². The van der Waals surface area contributed by atoms with E-state index in [-0.39, 0.29) is 0 Å². The summed E-state index contributed by atoms with van der Waals surface area (Å²) in [5, 5.41) is 8.40. The number of nitrogens with zero attached hydrogens (tertiary/aromatic N) is 4. The Balaban J connectivity index is 2.23. The van der Waals surface area contributed by atoms with E-state index in [1.165, 1.54) is 0 Å². The fraction of sp³-hybridized carbons (Fsp3) is 0.133. The van der Waals surface area contributed by atoms with Gasteiger partial charge >= 0.3 is 0 Å². The summed E-state index contributed by atoms with van der Waals surface area (Å²) >= 11 is 0. The molecule has 6 heteroatoms. The standard InChI is InChI=1S/C15H15N5O/c1-21-14-5-3-2-4-13(14)20-15(12(10-16)18-19-20)11-6-8-17-9-7-11/h2-9H,10,16H2,1H3. The number of para-hydroxylation sites is 2. The zero-order valence-electron chi connectivity index (χ0n) is 11.6. The van der Waals surface area contributed by atoms with Crippen LogP contribution >= 0.6 is 0 Å². The van der Waals surface area contributed by atoms with Gasteiger partial charge in [0, 0.05) is 24.5 Å². The summed E-state index contributed by atoms with van der Waals surface area (Å²) in [4.78, 5) is 4.04. The first kappa shape index (κ1) is 13.3. The second kappa shape index (κ2) is 5.72. The molecule has 0 atom stereocenters. The molecule has 0 saturated carbocycles. The molecule has 2 N–H and O–H groups in total. The minimum atomic E-state index is 0.312. The SMILES string of the molecule is COc1ccccc1-n1nnc(CN)c1-c1ccncc1. The van der Waals surface area contributed by atoms with E-state index < -0.39 is 0 Å². The smallest absolute Gasteiger partial charge is 0.144 e. The third-order valence-electron chi connectivity index (χ3n) is 3.20. The average molecular weight is 281 g/mol. The Morgan fingerprint density at radius 3 is 2.62 bits per heavy atom. The molecule has 21 heavy (non-hydrogen) atoms. The number of rotatable bonds is 4. The maximum absolute atomic E-state index is 5.79. The Hall–Kier alpha value is -2.73. The molecule has 2 heterocycles. The number of benzene rings is 1. The fourth-order valence-corrected chi connectivity index (χ4v) is 2.22. The van der Waals surface area contributed by atoms with Crippen molar-refractivity contribution in [2.45, 2.75) is 6.54 Å².